The van der Waals surface area contributed by atoms with Crippen molar-refractivity contribution in [2.24, 2.45) is 5.92 Å². The number of carbonyl (C=O) groups is 2. The first-order valence-electron chi connectivity index (χ1n) is 8.36. The van der Waals surface area contributed by atoms with Crippen LogP contribution in [0.5, 0.6) is 0 Å². The zero-order chi connectivity index (χ0) is 13.7. The second kappa shape index (κ2) is 4.47. The predicted molar refractivity (Wildman–Crippen MR) is 75.0 cm³/mol. The summed E-state index contributed by atoms with van der Waals surface area (Å²) in [6.45, 7) is 0. The number of hydrogen-bond donors (Lipinski definition) is 1. The molecule has 0 radical (unpaired) electrons. The van der Waals surface area contributed by atoms with Gasteiger partial charge in [-0.25, -0.2) is 0 Å². The number of nitrogens with zero attached hydrogens (tertiary/aromatic N) is 1. The lowest BCUT2D eigenvalue weighted by molar-refractivity contribution is -0.158. The van der Waals surface area contributed by atoms with Crippen LogP contribution in [0.4, 0.5) is 0 Å². The summed E-state index contributed by atoms with van der Waals surface area (Å²) in [6.07, 6.45) is 10.7. The van der Waals surface area contributed by atoms with Gasteiger partial charge in [-0.3, -0.25) is 9.59 Å². The van der Waals surface area contributed by atoms with Crippen LogP contribution >= 0.6 is 0 Å². The molecule has 1 aliphatic heterocycles. The minimum atomic E-state index is -0.537. The summed E-state index contributed by atoms with van der Waals surface area (Å²) in [7, 11) is 0. The van der Waals surface area contributed by atoms with Gasteiger partial charge >= 0.3 is 0 Å². The van der Waals surface area contributed by atoms with Crippen LogP contribution in [0.1, 0.15) is 64.2 Å². The van der Waals surface area contributed by atoms with Crippen molar-refractivity contribution in [3.8, 4) is 0 Å². The third-order valence-electron chi connectivity index (χ3n) is 5.82. The number of hydrogen-bond acceptors (Lipinski definition) is 2. The smallest absolute Gasteiger partial charge is 0.249 e. The van der Waals surface area contributed by atoms with E-state index in [4.69, 9.17) is 0 Å². The Morgan fingerprint density at radius 1 is 0.950 bits per heavy atom. The average molecular weight is 276 g/mol. The highest BCUT2D eigenvalue weighted by molar-refractivity contribution is 6.00. The minimum Gasteiger partial charge on any atom is -0.340 e. The molecule has 1 heterocycles. The molecule has 4 rings (SSSR count). The summed E-state index contributed by atoms with van der Waals surface area (Å²) >= 11 is 0. The van der Waals surface area contributed by atoms with Gasteiger partial charge in [0, 0.05) is 6.04 Å². The summed E-state index contributed by atoms with van der Waals surface area (Å²) in [6, 6.07) is 0.174. The van der Waals surface area contributed by atoms with Crippen molar-refractivity contribution >= 4 is 11.8 Å². The molecule has 4 fully saturated rings. The van der Waals surface area contributed by atoms with E-state index in [9.17, 15) is 9.59 Å². The number of rotatable bonds is 2. The number of piperazine rings is 1. The highest BCUT2D eigenvalue weighted by Crippen LogP contribution is 2.44. The maximum Gasteiger partial charge on any atom is 0.249 e. The van der Waals surface area contributed by atoms with Crippen LogP contribution in [-0.4, -0.2) is 34.3 Å². The van der Waals surface area contributed by atoms with Gasteiger partial charge in [0.05, 0.1) is 0 Å². The van der Waals surface area contributed by atoms with E-state index >= 15 is 0 Å². The van der Waals surface area contributed by atoms with Crippen LogP contribution in [-0.2, 0) is 9.59 Å². The van der Waals surface area contributed by atoms with Gasteiger partial charge in [0.25, 0.3) is 0 Å². The van der Waals surface area contributed by atoms with Gasteiger partial charge in [-0.1, -0.05) is 25.7 Å². The highest BCUT2D eigenvalue weighted by Gasteiger charge is 2.56. The maximum atomic E-state index is 13.1. The van der Waals surface area contributed by atoms with Crippen LogP contribution in [0, 0.1) is 5.92 Å². The number of nitrogens with one attached hydrogen (secondary N) is 1. The molecule has 1 atom stereocenters. The molecule has 0 bridgehead atoms. The summed E-state index contributed by atoms with van der Waals surface area (Å²) < 4.78 is 0. The summed E-state index contributed by atoms with van der Waals surface area (Å²) in [5.74, 6) is 0.817. The Morgan fingerprint density at radius 3 is 2.20 bits per heavy atom. The van der Waals surface area contributed by atoms with E-state index in [1.54, 1.807) is 0 Å². The molecule has 1 spiro atoms. The minimum absolute atomic E-state index is 0.140. The number of amides is 2. The van der Waals surface area contributed by atoms with E-state index in [2.05, 4.69) is 10.2 Å². The first kappa shape index (κ1) is 12.7. The van der Waals surface area contributed by atoms with Crippen molar-refractivity contribution in [1.29, 1.82) is 0 Å². The molecule has 4 heteroatoms. The lowest BCUT2D eigenvalue weighted by Crippen LogP contribution is -2.71. The van der Waals surface area contributed by atoms with Gasteiger partial charge in [0.2, 0.25) is 11.8 Å². The van der Waals surface area contributed by atoms with Crippen LogP contribution < -0.4 is 5.32 Å². The second-order valence-electron chi connectivity index (χ2n) is 7.21. The van der Waals surface area contributed by atoms with Crippen molar-refractivity contribution in [3.63, 3.8) is 0 Å². The van der Waals surface area contributed by atoms with Crippen LogP contribution in [0.3, 0.4) is 0 Å². The zero-order valence-corrected chi connectivity index (χ0v) is 12.1. The van der Waals surface area contributed by atoms with Crippen molar-refractivity contribution < 1.29 is 9.59 Å². The highest BCUT2D eigenvalue weighted by atomic mass is 16.2. The largest absolute Gasteiger partial charge is 0.340 e. The summed E-state index contributed by atoms with van der Waals surface area (Å²) in [5.41, 5.74) is -0.537. The first-order chi connectivity index (χ1) is 9.71. The van der Waals surface area contributed by atoms with E-state index in [0.717, 1.165) is 51.4 Å². The molecule has 0 aromatic carbocycles. The standard InChI is InChI=1S/C16H24N2O2/c19-14-13(11-7-8-11)18(12-5-1-2-6-12)15(20)16(17-14)9-3-4-10-16/h11-13H,1-10H2,(H,17,19). The van der Waals surface area contributed by atoms with Crippen molar-refractivity contribution in [2.45, 2.75) is 81.8 Å². The quantitative estimate of drug-likeness (QED) is 0.838. The maximum absolute atomic E-state index is 13.1. The Bertz CT molecular complexity index is 432. The Balaban J connectivity index is 1.68. The van der Waals surface area contributed by atoms with E-state index in [-0.39, 0.29) is 17.9 Å². The van der Waals surface area contributed by atoms with Gasteiger partial charge < -0.3 is 10.2 Å². The third kappa shape index (κ3) is 1.80. The van der Waals surface area contributed by atoms with E-state index in [1.807, 2.05) is 0 Å². The van der Waals surface area contributed by atoms with Crippen LogP contribution in [0.25, 0.3) is 0 Å². The molecular weight excluding hydrogens is 252 g/mol. The first-order valence-corrected chi connectivity index (χ1v) is 8.36. The van der Waals surface area contributed by atoms with E-state index in [1.165, 1.54) is 12.8 Å². The van der Waals surface area contributed by atoms with E-state index in [0.29, 0.717) is 12.0 Å². The molecule has 2 amide bonds. The fraction of sp³-hybridized carbons (Fsp3) is 0.875. The Labute approximate surface area is 120 Å². The van der Waals surface area contributed by atoms with Gasteiger partial charge in [-0.2, -0.15) is 0 Å². The Hall–Kier alpha value is -1.06. The topological polar surface area (TPSA) is 49.4 Å². The monoisotopic (exact) mass is 276 g/mol. The Kier molecular flexibility index (Phi) is 2.83. The lowest BCUT2D eigenvalue weighted by atomic mass is 9.88. The SMILES string of the molecule is O=C1NC2(CCCC2)C(=O)N(C2CCCC2)C1C1CC1. The zero-order valence-electron chi connectivity index (χ0n) is 12.1. The summed E-state index contributed by atoms with van der Waals surface area (Å²) in [4.78, 5) is 27.8. The molecular formula is C16H24N2O2. The molecule has 4 nitrogen and oxygen atoms in total. The molecule has 110 valence electrons. The molecule has 3 aliphatic carbocycles. The average Bonchev–Trinajstić information content (AvgIpc) is 2.93. The fourth-order valence-electron chi connectivity index (χ4n) is 4.61. The Morgan fingerprint density at radius 2 is 1.60 bits per heavy atom. The van der Waals surface area contributed by atoms with Crippen LogP contribution in [0.2, 0.25) is 0 Å². The van der Waals surface area contributed by atoms with Gasteiger partial charge in [0.15, 0.2) is 0 Å². The molecule has 1 unspecified atom stereocenters. The predicted octanol–water partition coefficient (Wildman–Crippen LogP) is 1.98. The molecule has 20 heavy (non-hydrogen) atoms. The van der Waals surface area contributed by atoms with Crippen LogP contribution in [0.15, 0.2) is 0 Å². The van der Waals surface area contributed by atoms with Gasteiger partial charge in [0.1, 0.15) is 11.6 Å². The second-order valence-corrected chi connectivity index (χ2v) is 7.21. The lowest BCUT2D eigenvalue weighted by Gasteiger charge is -2.47. The molecule has 1 saturated heterocycles. The molecule has 4 aliphatic rings. The number of carbonyl (C=O) groups excluding carboxylic acids is 2. The van der Waals surface area contributed by atoms with Crippen molar-refractivity contribution in [2.75, 3.05) is 0 Å². The molecule has 0 aromatic rings. The third-order valence-corrected chi connectivity index (χ3v) is 5.82. The van der Waals surface area contributed by atoms with Crippen molar-refractivity contribution in [3.05, 3.63) is 0 Å². The van der Waals surface area contributed by atoms with Crippen molar-refractivity contribution in [1.82, 2.24) is 10.2 Å². The van der Waals surface area contributed by atoms with Gasteiger partial charge in [-0.15, -0.1) is 0 Å². The normalized spacial score (nSPS) is 34.0. The summed E-state index contributed by atoms with van der Waals surface area (Å²) in [5, 5.41) is 3.14. The molecule has 0 aromatic heterocycles. The van der Waals surface area contributed by atoms with Gasteiger partial charge in [-0.05, 0) is 44.4 Å². The van der Waals surface area contributed by atoms with E-state index < -0.39 is 5.54 Å². The fourth-order valence-corrected chi connectivity index (χ4v) is 4.61. The molecule has 3 saturated carbocycles. The molecule has 1 N–H and O–H groups in total.